The Morgan fingerprint density at radius 1 is 1.18 bits per heavy atom. The van der Waals surface area contributed by atoms with Crippen LogP contribution in [0.1, 0.15) is 57.7 Å². The molecule has 2 aromatic rings. The Kier molecular flexibility index (Phi) is 6.05. The van der Waals surface area contributed by atoms with Crippen molar-refractivity contribution in [1.29, 1.82) is 0 Å². The number of piperidine rings is 1. The molecule has 0 saturated carbocycles. The van der Waals surface area contributed by atoms with Crippen molar-refractivity contribution < 1.29 is 19.5 Å². The van der Waals surface area contributed by atoms with Crippen molar-refractivity contribution in [3.63, 3.8) is 0 Å². The largest absolute Gasteiger partial charge is 0.465 e. The minimum Gasteiger partial charge on any atom is -0.465 e. The highest BCUT2D eigenvalue weighted by Crippen LogP contribution is 2.35. The Bertz CT molecular complexity index is 1220. The number of piperazine rings is 1. The lowest BCUT2D eigenvalue weighted by Gasteiger charge is -2.39. The van der Waals surface area contributed by atoms with Crippen LogP contribution < -0.4 is 11.0 Å². The number of amides is 3. The molecule has 1 aromatic heterocycles. The molecule has 2 aliphatic rings. The van der Waals surface area contributed by atoms with Crippen LogP contribution in [0.5, 0.6) is 0 Å². The zero-order valence-corrected chi connectivity index (χ0v) is 20.4. The highest BCUT2D eigenvalue weighted by molar-refractivity contribution is 6.00. The van der Waals surface area contributed by atoms with Gasteiger partial charge in [0, 0.05) is 45.7 Å². The third-order valence-corrected chi connectivity index (χ3v) is 6.95. The van der Waals surface area contributed by atoms with Gasteiger partial charge in [-0.15, -0.1) is 0 Å². The third-order valence-electron chi connectivity index (χ3n) is 6.95. The van der Waals surface area contributed by atoms with Crippen LogP contribution >= 0.6 is 0 Å². The molecule has 1 aromatic carbocycles. The molecule has 2 saturated heterocycles. The summed E-state index contributed by atoms with van der Waals surface area (Å²) < 4.78 is 3.12. The first-order valence-corrected chi connectivity index (χ1v) is 11.7. The zero-order chi connectivity index (χ0) is 24.9. The average Bonchev–Trinajstić information content (AvgIpc) is 2.97. The summed E-state index contributed by atoms with van der Waals surface area (Å²) in [5, 5.41) is 11.7. The number of rotatable bonds is 3. The van der Waals surface area contributed by atoms with E-state index in [-0.39, 0.29) is 29.5 Å². The lowest BCUT2D eigenvalue weighted by Crippen LogP contribution is -2.53. The molecule has 10 nitrogen and oxygen atoms in total. The molecule has 2 N–H and O–H groups in total. The Morgan fingerprint density at radius 3 is 2.47 bits per heavy atom. The third kappa shape index (κ3) is 4.11. The number of hydrogen-bond donors (Lipinski definition) is 2. The van der Waals surface area contributed by atoms with Crippen LogP contribution in [-0.4, -0.2) is 67.6 Å². The van der Waals surface area contributed by atoms with E-state index in [2.05, 4.69) is 31.0 Å². The van der Waals surface area contributed by atoms with Gasteiger partial charge in [0.05, 0.1) is 11.0 Å². The number of benzene rings is 1. The molecule has 4 rings (SSSR count). The Morgan fingerprint density at radius 2 is 1.88 bits per heavy atom. The van der Waals surface area contributed by atoms with E-state index in [4.69, 9.17) is 0 Å². The summed E-state index contributed by atoms with van der Waals surface area (Å²) in [6.07, 6.45) is -0.403. The number of carbonyl (C=O) groups is 3. The number of nitrogens with zero attached hydrogens (tertiary/aromatic N) is 4. The van der Waals surface area contributed by atoms with Crippen LogP contribution in [0.15, 0.2) is 16.9 Å². The summed E-state index contributed by atoms with van der Waals surface area (Å²) in [7, 11) is 1.72. The fourth-order valence-corrected chi connectivity index (χ4v) is 5.42. The molecule has 184 valence electrons. The number of nitrogens with one attached hydrogen (secondary N) is 1. The van der Waals surface area contributed by atoms with Gasteiger partial charge in [-0.05, 0) is 36.0 Å². The fourth-order valence-electron chi connectivity index (χ4n) is 5.42. The van der Waals surface area contributed by atoms with Gasteiger partial charge in [0.25, 0.3) is 0 Å². The van der Waals surface area contributed by atoms with E-state index in [0.29, 0.717) is 38.1 Å². The number of carbonyl (C=O) groups excluding carboxylic acids is 2. The quantitative estimate of drug-likeness (QED) is 0.660. The molecule has 0 aliphatic carbocycles. The molecular weight excluding hydrogens is 438 g/mol. The predicted molar refractivity (Wildman–Crippen MR) is 127 cm³/mol. The fraction of sp³-hybridized carbons (Fsp3) is 0.583. The summed E-state index contributed by atoms with van der Waals surface area (Å²) in [6.45, 7) is 10.6. The maximum absolute atomic E-state index is 13.3. The molecule has 34 heavy (non-hydrogen) atoms. The number of aromatic nitrogens is 2. The van der Waals surface area contributed by atoms with E-state index in [1.165, 1.54) is 9.47 Å². The number of carboxylic acid groups (broad SMARTS) is 1. The molecule has 10 heteroatoms. The Labute approximate surface area is 198 Å². The highest BCUT2D eigenvalue weighted by atomic mass is 16.4. The van der Waals surface area contributed by atoms with Crippen LogP contribution in [0.3, 0.4) is 0 Å². The minimum absolute atomic E-state index is 0.106. The van der Waals surface area contributed by atoms with Gasteiger partial charge in [0.2, 0.25) is 11.8 Å². The first-order valence-electron chi connectivity index (χ1n) is 11.7. The molecule has 0 bridgehead atoms. The van der Waals surface area contributed by atoms with E-state index in [1.807, 2.05) is 19.1 Å². The number of hydrogen-bond acceptors (Lipinski definition) is 5. The summed E-state index contributed by atoms with van der Waals surface area (Å²) in [5.74, 6) is -0.762. The van der Waals surface area contributed by atoms with Crippen molar-refractivity contribution in [3.8, 4) is 0 Å². The molecule has 2 atom stereocenters. The monoisotopic (exact) mass is 471 g/mol. The summed E-state index contributed by atoms with van der Waals surface area (Å²) in [4.78, 5) is 52.7. The summed E-state index contributed by atoms with van der Waals surface area (Å²) >= 11 is 0. The van der Waals surface area contributed by atoms with Crippen molar-refractivity contribution in [2.24, 2.45) is 7.05 Å². The number of imidazole rings is 1. The lowest BCUT2D eigenvalue weighted by molar-refractivity contribution is -0.135. The molecule has 3 heterocycles. The number of imide groups is 1. The standard InChI is InChI=1S/C24H33N5O5/c1-14-12-27(10-11-28(14)23(33)34)13-15-6-7-16-20(19(15)24(2,3)4)26(5)22(32)29(16)17-8-9-18(30)25-21(17)31/h6-7,14,17H,8-13H2,1-5H3,(H,33,34)(H,25,30,31)/t14-,17?/m0/s1. The van der Waals surface area contributed by atoms with Crippen molar-refractivity contribution in [2.75, 3.05) is 19.6 Å². The highest BCUT2D eigenvalue weighted by Gasteiger charge is 2.34. The van der Waals surface area contributed by atoms with Gasteiger partial charge in [0.1, 0.15) is 6.04 Å². The SMILES string of the molecule is C[C@H]1CN(Cc2ccc3c(c2C(C)(C)C)n(C)c(=O)n3C2CCC(=O)NC2=O)CCN1C(=O)O. The molecule has 0 spiro atoms. The van der Waals surface area contributed by atoms with E-state index in [1.54, 1.807) is 11.6 Å². The number of fused-ring (bicyclic) bond motifs is 1. The van der Waals surface area contributed by atoms with Crippen molar-refractivity contribution >= 4 is 28.9 Å². The predicted octanol–water partition coefficient (Wildman–Crippen LogP) is 1.80. The summed E-state index contributed by atoms with van der Waals surface area (Å²) in [5.41, 5.74) is 3.01. The van der Waals surface area contributed by atoms with Crippen LogP contribution in [0.2, 0.25) is 0 Å². The van der Waals surface area contributed by atoms with Crippen molar-refractivity contribution in [2.45, 2.75) is 64.6 Å². The summed E-state index contributed by atoms with van der Waals surface area (Å²) in [6, 6.07) is 3.07. The van der Waals surface area contributed by atoms with Crippen LogP contribution in [0.4, 0.5) is 4.79 Å². The lowest BCUT2D eigenvalue weighted by atomic mass is 9.82. The van der Waals surface area contributed by atoms with E-state index in [9.17, 15) is 24.3 Å². The Balaban J connectivity index is 1.78. The Hall–Kier alpha value is -3.14. The molecule has 2 fully saturated rings. The molecule has 0 radical (unpaired) electrons. The smallest absolute Gasteiger partial charge is 0.407 e. The molecule has 2 aliphatic heterocycles. The minimum atomic E-state index is -0.895. The van der Waals surface area contributed by atoms with Crippen molar-refractivity contribution in [1.82, 2.24) is 24.3 Å². The van der Waals surface area contributed by atoms with Gasteiger partial charge < -0.3 is 10.0 Å². The van der Waals surface area contributed by atoms with Gasteiger partial charge in [-0.2, -0.15) is 0 Å². The van der Waals surface area contributed by atoms with Crippen molar-refractivity contribution in [3.05, 3.63) is 33.7 Å². The second-order valence-corrected chi connectivity index (χ2v) is 10.5. The first-order chi connectivity index (χ1) is 15.9. The van der Waals surface area contributed by atoms with Gasteiger partial charge in [-0.3, -0.25) is 28.9 Å². The van der Waals surface area contributed by atoms with E-state index >= 15 is 0 Å². The van der Waals surface area contributed by atoms with Gasteiger partial charge in [-0.25, -0.2) is 9.59 Å². The van der Waals surface area contributed by atoms with Crippen LogP contribution in [0, 0.1) is 0 Å². The second-order valence-electron chi connectivity index (χ2n) is 10.5. The first kappa shape index (κ1) is 24.0. The van der Waals surface area contributed by atoms with E-state index in [0.717, 1.165) is 16.6 Å². The van der Waals surface area contributed by atoms with E-state index < -0.39 is 18.0 Å². The van der Waals surface area contributed by atoms with Gasteiger partial charge >= 0.3 is 11.8 Å². The van der Waals surface area contributed by atoms with Crippen LogP contribution in [0.25, 0.3) is 11.0 Å². The molecule has 1 unspecified atom stereocenters. The normalized spacial score (nSPS) is 22.3. The van der Waals surface area contributed by atoms with Crippen LogP contribution in [-0.2, 0) is 28.6 Å². The second kappa shape index (κ2) is 8.57. The topological polar surface area (TPSA) is 117 Å². The maximum atomic E-state index is 13.3. The molecular formula is C24H33N5O5. The number of aryl methyl sites for hydroxylation is 1. The molecule has 3 amide bonds. The average molecular weight is 472 g/mol. The van der Waals surface area contributed by atoms with Gasteiger partial charge in [-0.1, -0.05) is 26.8 Å². The van der Waals surface area contributed by atoms with Gasteiger partial charge in [0.15, 0.2) is 0 Å². The maximum Gasteiger partial charge on any atom is 0.407 e. The zero-order valence-electron chi connectivity index (χ0n) is 20.4.